The van der Waals surface area contributed by atoms with Crippen molar-refractivity contribution in [1.29, 1.82) is 0 Å². The zero-order valence-electron chi connectivity index (χ0n) is 18.2. The molecule has 1 aliphatic heterocycles. The Hall–Kier alpha value is -1.89. The van der Waals surface area contributed by atoms with Crippen LogP contribution in [0.25, 0.3) is 0 Å². The molecular weight excluding hydrogens is 402 g/mol. The molecule has 0 bridgehead atoms. The maximum atomic E-state index is 13.0. The number of anilines is 1. The molecular formula is C23H33NO5S. The van der Waals surface area contributed by atoms with Crippen LogP contribution in [0.3, 0.4) is 0 Å². The van der Waals surface area contributed by atoms with Gasteiger partial charge in [0.2, 0.25) is 0 Å². The third-order valence-corrected chi connectivity index (χ3v) is 8.25. The van der Waals surface area contributed by atoms with Gasteiger partial charge in [-0.3, -0.25) is 9.59 Å². The highest BCUT2D eigenvalue weighted by atomic mass is 32.2. The van der Waals surface area contributed by atoms with Crippen LogP contribution < -0.4 is 4.90 Å². The van der Waals surface area contributed by atoms with E-state index in [1.807, 2.05) is 6.07 Å². The first-order valence-corrected chi connectivity index (χ1v) is 12.6. The Labute approximate surface area is 179 Å². The summed E-state index contributed by atoms with van der Waals surface area (Å²) in [4.78, 5) is 27.0. The highest BCUT2D eigenvalue weighted by molar-refractivity contribution is 7.91. The van der Waals surface area contributed by atoms with Gasteiger partial charge in [-0.25, -0.2) is 8.42 Å². The topological polar surface area (TPSA) is 80.8 Å². The molecule has 1 saturated heterocycles. The second kappa shape index (κ2) is 9.08. The zero-order chi connectivity index (χ0) is 21.9. The van der Waals surface area contributed by atoms with Crippen LogP contribution in [0.4, 0.5) is 5.69 Å². The molecule has 0 unspecified atom stereocenters. The number of carbonyl (C=O) groups is 2. The molecule has 0 aromatic heterocycles. The summed E-state index contributed by atoms with van der Waals surface area (Å²) in [7, 11) is -3.15. The second-order valence-electron chi connectivity index (χ2n) is 9.68. The van der Waals surface area contributed by atoms with E-state index >= 15 is 0 Å². The normalized spacial score (nSPS) is 26.2. The molecule has 0 N–H and O–H groups in total. The first-order valence-electron chi connectivity index (χ1n) is 10.8. The van der Waals surface area contributed by atoms with Crippen LogP contribution in [0.5, 0.6) is 0 Å². The van der Waals surface area contributed by atoms with Crippen molar-refractivity contribution in [2.75, 3.05) is 23.0 Å². The van der Waals surface area contributed by atoms with Crippen molar-refractivity contribution >= 4 is 27.4 Å². The fourth-order valence-electron chi connectivity index (χ4n) is 4.64. The summed E-state index contributed by atoms with van der Waals surface area (Å²) >= 11 is 0. The van der Waals surface area contributed by atoms with Gasteiger partial charge in [0.05, 0.1) is 23.5 Å². The number of amides is 1. The van der Waals surface area contributed by atoms with Crippen molar-refractivity contribution in [1.82, 2.24) is 0 Å². The number of hydrogen-bond acceptors (Lipinski definition) is 5. The molecule has 166 valence electrons. The van der Waals surface area contributed by atoms with Gasteiger partial charge in [-0.15, -0.1) is 0 Å². The quantitative estimate of drug-likeness (QED) is 0.660. The Bertz CT molecular complexity index is 851. The van der Waals surface area contributed by atoms with Gasteiger partial charge in [-0.1, -0.05) is 39.0 Å². The van der Waals surface area contributed by atoms with Gasteiger partial charge in [0.1, 0.15) is 0 Å². The monoisotopic (exact) mass is 435 g/mol. The molecule has 2 fully saturated rings. The van der Waals surface area contributed by atoms with Crippen LogP contribution in [-0.4, -0.2) is 44.4 Å². The van der Waals surface area contributed by atoms with Crippen LogP contribution in [0, 0.1) is 17.3 Å². The summed E-state index contributed by atoms with van der Waals surface area (Å²) < 4.78 is 29.3. The molecule has 1 aliphatic carbocycles. The van der Waals surface area contributed by atoms with Gasteiger partial charge in [0.15, 0.2) is 16.4 Å². The number of para-hydroxylation sites is 1. The van der Waals surface area contributed by atoms with E-state index in [9.17, 15) is 18.0 Å². The van der Waals surface area contributed by atoms with Crippen molar-refractivity contribution in [3.63, 3.8) is 0 Å². The van der Waals surface area contributed by atoms with Gasteiger partial charge in [0.25, 0.3) is 5.91 Å². The van der Waals surface area contributed by atoms with Gasteiger partial charge in [-0.2, -0.15) is 0 Å². The summed E-state index contributed by atoms with van der Waals surface area (Å²) in [5.41, 5.74) is 0.870. The van der Waals surface area contributed by atoms with Crippen LogP contribution in [-0.2, 0) is 24.2 Å². The lowest BCUT2D eigenvalue weighted by atomic mass is 9.70. The molecule has 3 rings (SSSR count). The Kier molecular flexibility index (Phi) is 6.90. The van der Waals surface area contributed by atoms with E-state index in [1.54, 1.807) is 24.3 Å². The Morgan fingerprint density at radius 1 is 1.03 bits per heavy atom. The van der Waals surface area contributed by atoms with Crippen molar-refractivity contribution in [3.05, 3.63) is 30.3 Å². The lowest BCUT2D eigenvalue weighted by molar-refractivity contribution is -0.153. The molecule has 0 spiro atoms. The highest BCUT2D eigenvalue weighted by Crippen LogP contribution is 2.40. The van der Waals surface area contributed by atoms with Crippen LogP contribution in [0.2, 0.25) is 0 Å². The molecule has 1 aromatic carbocycles. The lowest BCUT2D eigenvalue weighted by Gasteiger charge is -2.36. The molecule has 1 aromatic rings. The molecule has 2 aliphatic rings. The first kappa shape index (κ1) is 22.8. The number of sulfone groups is 1. The summed E-state index contributed by atoms with van der Waals surface area (Å²) in [6.45, 7) is 6.34. The van der Waals surface area contributed by atoms with Crippen LogP contribution >= 0.6 is 0 Å². The average molecular weight is 436 g/mol. The van der Waals surface area contributed by atoms with Crippen molar-refractivity contribution in [2.24, 2.45) is 17.3 Å². The van der Waals surface area contributed by atoms with Crippen molar-refractivity contribution in [2.45, 2.75) is 58.9 Å². The van der Waals surface area contributed by atoms with Gasteiger partial charge in [0, 0.05) is 5.69 Å². The molecule has 1 saturated carbocycles. The summed E-state index contributed by atoms with van der Waals surface area (Å²) in [6, 6.07) is 8.57. The van der Waals surface area contributed by atoms with E-state index in [0.717, 1.165) is 25.7 Å². The second-order valence-corrected chi connectivity index (χ2v) is 11.9. The van der Waals surface area contributed by atoms with Crippen molar-refractivity contribution in [3.8, 4) is 0 Å². The SMILES string of the molecule is CC(C)(C)C1CCC(C(=O)OCC(=O)N(c2ccccc2)[C@H]2CCS(=O)(=O)C2)CC1. The largest absolute Gasteiger partial charge is 0.455 e. The minimum atomic E-state index is -3.15. The minimum Gasteiger partial charge on any atom is -0.455 e. The zero-order valence-corrected chi connectivity index (χ0v) is 19.0. The van der Waals surface area contributed by atoms with Crippen LogP contribution in [0.15, 0.2) is 30.3 Å². The van der Waals surface area contributed by atoms with Gasteiger partial charge in [-0.05, 0) is 55.6 Å². The van der Waals surface area contributed by atoms with E-state index in [2.05, 4.69) is 20.8 Å². The van der Waals surface area contributed by atoms with E-state index in [-0.39, 0.29) is 41.3 Å². The number of rotatable bonds is 5. The third-order valence-electron chi connectivity index (χ3n) is 6.50. The molecule has 6 nitrogen and oxygen atoms in total. The summed E-state index contributed by atoms with van der Waals surface area (Å²) in [5, 5.41) is 0. The fraction of sp³-hybridized carbons (Fsp3) is 0.652. The molecule has 7 heteroatoms. The first-order chi connectivity index (χ1) is 14.1. The van der Waals surface area contributed by atoms with Gasteiger partial charge < -0.3 is 9.64 Å². The van der Waals surface area contributed by atoms with E-state index < -0.39 is 15.9 Å². The highest BCUT2D eigenvalue weighted by Gasteiger charge is 2.37. The Morgan fingerprint density at radius 3 is 2.20 bits per heavy atom. The number of nitrogens with zero attached hydrogens (tertiary/aromatic N) is 1. The molecule has 0 radical (unpaired) electrons. The van der Waals surface area contributed by atoms with E-state index in [1.165, 1.54) is 4.90 Å². The molecule has 1 amide bonds. The number of carbonyl (C=O) groups excluding carboxylic acids is 2. The summed E-state index contributed by atoms with van der Waals surface area (Å²) in [6.07, 6.45) is 3.96. The van der Waals surface area contributed by atoms with E-state index in [0.29, 0.717) is 18.0 Å². The predicted octanol–water partition coefficient (Wildman–Crippen LogP) is 3.60. The van der Waals surface area contributed by atoms with Crippen molar-refractivity contribution < 1.29 is 22.7 Å². The molecule has 1 atom stereocenters. The Morgan fingerprint density at radius 2 is 1.67 bits per heavy atom. The number of hydrogen-bond donors (Lipinski definition) is 0. The predicted molar refractivity (Wildman–Crippen MR) is 117 cm³/mol. The number of ether oxygens (including phenoxy) is 1. The third kappa shape index (κ3) is 5.62. The number of esters is 1. The standard InChI is InChI=1S/C23H33NO5S/c1-23(2,3)18-11-9-17(10-12-18)22(26)29-15-21(25)24(19-7-5-4-6-8-19)20-13-14-30(27,28)16-20/h4-8,17-18,20H,9-16H2,1-3H3/t17?,18?,20-/m0/s1. The Balaban J connectivity index is 1.60. The van der Waals surface area contributed by atoms with E-state index in [4.69, 9.17) is 4.74 Å². The molecule has 1 heterocycles. The summed E-state index contributed by atoms with van der Waals surface area (Å²) in [5.74, 6) is -0.235. The average Bonchev–Trinajstić information content (AvgIpc) is 3.05. The van der Waals surface area contributed by atoms with Gasteiger partial charge >= 0.3 is 5.97 Å². The smallest absolute Gasteiger partial charge is 0.309 e. The van der Waals surface area contributed by atoms with Crippen LogP contribution in [0.1, 0.15) is 52.9 Å². The fourth-order valence-corrected chi connectivity index (χ4v) is 6.34. The number of benzene rings is 1. The lowest BCUT2D eigenvalue weighted by Crippen LogP contribution is -2.44. The minimum absolute atomic E-state index is 0.0571. The maximum absolute atomic E-state index is 13.0. The maximum Gasteiger partial charge on any atom is 0.309 e. The molecule has 30 heavy (non-hydrogen) atoms.